The van der Waals surface area contributed by atoms with Crippen molar-refractivity contribution in [3.8, 4) is 0 Å². The van der Waals surface area contributed by atoms with Gasteiger partial charge in [-0.25, -0.2) is 14.1 Å². The summed E-state index contributed by atoms with van der Waals surface area (Å²) in [4.78, 5) is 25.8. The quantitative estimate of drug-likeness (QED) is 0.580. The SMILES string of the molecule is CC1Cc2c(N3CCN(C(F)(F)F)CC3)c(F)cc3c(=O)c(C(=O)O)cn1c23.Cl. The van der Waals surface area contributed by atoms with E-state index in [0.29, 0.717) is 22.4 Å². The van der Waals surface area contributed by atoms with Crippen LogP contribution in [0.25, 0.3) is 10.9 Å². The molecule has 2 aliphatic heterocycles. The third kappa shape index (κ3) is 3.33. The van der Waals surface area contributed by atoms with Gasteiger partial charge in [-0.1, -0.05) is 0 Å². The van der Waals surface area contributed by atoms with E-state index >= 15 is 0 Å². The number of pyridine rings is 1. The molecule has 3 heterocycles. The number of alkyl halides is 3. The highest BCUT2D eigenvalue weighted by molar-refractivity contribution is 5.96. The van der Waals surface area contributed by atoms with Gasteiger partial charge in [0.05, 0.1) is 11.2 Å². The van der Waals surface area contributed by atoms with E-state index in [1.165, 1.54) is 6.20 Å². The van der Waals surface area contributed by atoms with Crippen molar-refractivity contribution in [2.24, 2.45) is 0 Å². The van der Waals surface area contributed by atoms with Crippen LogP contribution in [0.1, 0.15) is 28.9 Å². The fourth-order valence-corrected chi connectivity index (χ4v) is 4.17. The maximum Gasteiger partial charge on any atom is 0.460 e. The maximum absolute atomic E-state index is 15.0. The van der Waals surface area contributed by atoms with Gasteiger partial charge >= 0.3 is 12.3 Å². The molecular weight excluding hydrogens is 418 g/mol. The molecule has 29 heavy (non-hydrogen) atoms. The van der Waals surface area contributed by atoms with Crippen LogP contribution < -0.4 is 10.3 Å². The van der Waals surface area contributed by atoms with Crippen molar-refractivity contribution in [3.63, 3.8) is 0 Å². The molecule has 158 valence electrons. The molecule has 1 aromatic carbocycles. The van der Waals surface area contributed by atoms with Crippen molar-refractivity contribution in [2.45, 2.75) is 25.7 Å². The average Bonchev–Trinajstić information content (AvgIpc) is 2.93. The summed E-state index contributed by atoms with van der Waals surface area (Å²) in [6, 6.07) is 0.807. The highest BCUT2D eigenvalue weighted by Crippen LogP contribution is 2.40. The zero-order valence-electron chi connectivity index (χ0n) is 15.3. The van der Waals surface area contributed by atoms with Gasteiger partial charge in [-0.3, -0.25) is 4.79 Å². The van der Waals surface area contributed by atoms with Gasteiger partial charge in [0.25, 0.3) is 0 Å². The summed E-state index contributed by atoms with van der Waals surface area (Å²) in [5.74, 6) is -2.10. The molecule has 1 unspecified atom stereocenters. The molecule has 1 saturated heterocycles. The standard InChI is InChI=1S/C18H17F4N3O3.ClH/c1-9-6-10-14-11(16(26)12(17(27)28)8-25(9)14)7-13(19)15(10)23-2-4-24(5-3-23)18(20,21)22;/h7-9H,2-6H2,1H3,(H,27,28);1H. The Hall–Kier alpha value is -2.33. The molecule has 0 spiro atoms. The van der Waals surface area contributed by atoms with E-state index in [2.05, 4.69) is 0 Å². The Morgan fingerprint density at radius 2 is 1.83 bits per heavy atom. The molecule has 0 saturated carbocycles. The second kappa shape index (κ2) is 7.17. The lowest BCUT2D eigenvalue weighted by Gasteiger charge is -2.37. The van der Waals surface area contributed by atoms with Crippen LogP contribution in [-0.4, -0.2) is 53.0 Å². The predicted molar refractivity (Wildman–Crippen MR) is 101 cm³/mol. The minimum Gasteiger partial charge on any atom is -0.477 e. The highest BCUT2D eigenvalue weighted by Gasteiger charge is 2.40. The number of piperazine rings is 1. The van der Waals surface area contributed by atoms with Crippen LogP contribution >= 0.6 is 12.4 Å². The second-order valence-electron chi connectivity index (χ2n) is 7.16. The minimum atomic E-state index is -4.42. The maximum atomic E-state index is 15.0. The third-order valence-corrected chi connectivity index (χ3v) is 5.50. The first-order valence-electron chi connectivity index (χ1n) is 8.80. The van der Waals surface area contributed by atoms with Crippen LogP contribution in [0.4, 0.5) is 23.2 Å². The molecule has 1 N–H and O–H groups in total. The molecule has 2 aliphatic rings. The normalized spacial score (nSPS) is 19.5. The van der Waals surface area contributed by atoms with Crippen LogP contribution in [0.3, 0.4) is 0 Å². The number of carbonyl (C=O) groups is 1. The molecule has 0 aliphatic carbocycles. The van der Waals surface area contributed by atoms with Crippen molar-refractivity contribution in [3.05, 3.63) is 39.4 Å². The summed E-state index contributed by atoms with van der Waals surface area (Å²) in [6.07, 6.45) is -2.80. The summed E-state index contributed by atoms with van der Waals surface area (Å²) >= 11 is 0. The number of anilines is 1. The van der Waals surface area contributed by atoms with Crippen LogP contribution in [0.2, 0.25) is 0 Å². The Bertz CT molecular complexity index is 1050. The Morgan fingerprint density at radius 1 is 1.21 bits per heavy atom. The largest absolute Gasteiger partial charge is 0.477 e. The highest BCUT2D eigenvalue weighted by atomic mass is 35.5. The molecule has 6 nitrogen and oxygen atoms in total. The Balaban J connectivity index is 0.00000240. The van der Waals surface area contributed by atoms with E-state index in [9.17, 15) is 32.3 Å². The van der Waals surface area contributed by atoms with Crippen molar-refractivity contribution in [1.82, 2.24) is 9.47 Å². The minimum absolute atomic E-state index is 0. The smallest absolute Gasteiger partial charge is 0.460 e. The Kier molecular flexibility index (Phi) is 5.29. The molecule has 0 radical (unpaired) electrons. The lowest BCUT2D eigenvalue weighted by molar-refractivity contribution is -0.246. The lowest BCUT2D eigenvalue weighted by atomic mass is 10.0. The second-order valence-corrected chi connectivity index (χ2v) is 7.16. The number of carboxylic acids is 1. The Labute approximate surface area is 168 Å². The summed E-state index contributed by atoms with van der Waals surface area (Å²) < 4.78 is 55.2. The van der Waals surface area contributed by atoms with Crippen LogP contribution in [0.15, 0.2) is 17.1 Å². The van der Waals surface area contributed by atoms with E-state index in [0.717, 1.165) is 6.07 Å². The Morgan fingerprint density at radius 3 is 2.38 bits per heavy atom. The van der Waals surface area contributed by atoms with E-state index in [1.807, 2.05) is 6.92 Å². The van der Waals surface area contributed by atoms with Crippen LogP contribution in [0, 0.1) is 5.82 Å². The van der Waals surface area contributed by atoms with E-state index in [1.54, 1.807) is 9.47 Å². The van der Waals surface area contributed by atoms with Gasteiger partial charge in [0.1, 0.15) is 11.4 Å². The summed E-state index contributed by atoms with van der Waals surface area (Å²) in [6.45, 7) is 1.27. The van der Waals surface area contributed by atoms with Crippen LogP contribution in [0.5, 0.6) is 0 Å². The molecule has 1 atom stereocenters. The van der Waals surface area contributed by atoms with Gasteiger partial charge in [0.2, 0.25) is 5.43 Å². The summed E-state index contributed by atoms with van der Waals surface area (Å²) in [5.41, 5.74) is 0.00336. The summed E-state index contributed by atoms with van der Waals surface area (Å²) in [5, 5.41) is 9.24. The number of hydrogen-bond donors (Lipinski definition) is 1. The number of nitrogens with zero attached hydrogens (tertiary/aromatic N) is 3. The lowest BCUT2D eigenvalue weighted by Crippen LogP contribution is -2.52. The van der Waals surface area contributed by atoms with Gasteiger partial charge in [-0.2, -0.15) is 13.2 Å². The van der Waals surface area contributed by atoms with E-state index < -0.39 is 29.1 Å². The number of halogens is 5. The van der Waals surface area contributed by atoms with E-state index in [4.69, 9.17) is 0 Å². The van der Waals surface area contributed by atoms with Gasteiger partial charge in [0, 0.05) is 49.4 Å². The number of hydrogen-bond acceptors (Lipinski definition) is 4. The van der Waals surface area contributed by atoms with Crippen LogP contribution in [-0.2, 0) is 6.42 Å². The molecule has 11 heteroatoms. The zero-order valence-corrected chi connectivity index (χ0v) is 16.1. The molecule has 4 rings (SSSR count). The van der Waals surface area contributed by atoms with Gasteiger partial charge in [-0.15, -0.1) is 12.4 Å². The van der Waals surface area contributed by atoms with Crippen molar-refractivity contribution < 1.29 is 27.5 Å². The fourth-order valence-electron chi connectivity index (χ4n) is 4.17. The monoisotopic (exact) mass is 435 g/mol. The first-order valence-corrected chi connectivity index (χ1v) is 8.80. The van der Waals surface area contributed by atoms with Gasteiger partial charge in [0.15, 0.2) is 0 Å². The van der Waals surface area contributed by atoms with Crippen molar-refractivity contribution in [1.29, 1.82) is 0 Å². The van der Waals surface area contributed by atoms with Crippen molar-refractivity contribution >= 4 is 35.0 Å². The third-order valence-electron chi connectivity index (χ3n) is 5.50. The van der Waals surface area contributed by atoms with Gasteiger partial charge in [-0.05, 0) is 19.4 Å². The topological polar surface area (TPSA) is 65.8 Å². The van der Waals surface area contributed by atoms with Crippen molar-refractivity contribution in [2.75, 3.05) is 31.1 Å². The average molecular weight is 436 g/mol. The zero-order chi connectivity index (χ0) is 20.4. The molecule has 0 amide bonds. The van der Waals surface area contributed by atoms with E-state index in [-0.39, 0.29) is 55.7 Å². The fraction of sp³-hybridized carbons (Fsp3) is 0.444. The molecule has 0 bridgehead atoms. The predicted octanol–water partition coefficient (Wildman–Crippen LogP) is 3.02. The number of aromatic nitrogens is 1. The van der Waals surface area contributed by atoms with Gasteiger partial charge < -0.3 is 14.6 Å². The molecule has 1 fully saturated rings. The number of rotatable bonds is 2. The molecule has 1 aromatic heterocycles. The first-order chi connectivity index (χ1) is 13.1. The number of carboxylic acid groups (broad SMARTS) is 1. The molecule has 2 aromatic rings. The number of aromatic carboxylic acids is 1. The number of benzene rings is 1. The first kappa shape index (κ1) is 21.4. The summed E-state index contributed by atoms with van der Waals surface area (Å²) in [7, 11) is 0. The molecular formula is C18H18ClF4N3O3.